The maximum Gasteiger partial charge on any atom is 0.431 e. The quantitative estimate of drug-likeness (QED) is 0.675. The van der Waals surface area contributed by atoms with E-state index in [2.05, 4.69) is 0 Å². The lowest BCUT2D eigenvalue weighted by molar-refractivity contribution is -0.144. The zero-order valence-electron chi connectivity index (χ0n) is 16.3. The minimum atomic E-state index is -4.87. The number of carbonyl (C=O) groups is 1. The third kappa shape index (κ3) is 5.41. The number of methoxy groups -OCH3 is 1. The highest BCUT2D eigenvalue weighted by Gasteiger charge is 2.35. The Balaban J connectivity index is 2.24. The van der Waals surface area contributed by atoms with Gasteiger partial charge in [0.15, 0.2) is 11.5 Å². The Morgan fingerprint density at radius 2 is 1.97 bits per heavy atom. The van der Waals surface area contributed by atoms with Crippen LogP contribution in [0.2, 0.25) is 0 Å². The number of amides is 1. The zero-order valence-corrected chi connectivity index (χ0v) is 16.3. The van der Waals surface area contributed by atoms with Crippen LogP contribution in [0.25, 0.3) is 6.08 Å². The standard InChI is InChI=1S/C20H21F3N2O5/c1-3-4-12-5-7-15(16(9-12)29-2)30-11-13(26)10-25-17(20(21,22)23)8-6-14(18(24)27)19(25)28/h3-9,13,26H,10-11H2,1-2H3,(H2,24,27). The summed E-state index contributed by atoms with van der Waals surface area (Å²) in [5.74, 6) is -0.542. The lowest BCUT2D eigenvalue weighted by atomic mass is 10.2. The molecule has 1 amide bonds. The van der Waals surface area contributed by atoms with Gasteiger partial charge in [-0.2, -0.15) is 13.2 Å². The summed E-state index contributed by atoms with van der Waals surface area (Å²) in [5.41, 5.74) is 2.70. The first-order valence-electron chi connectivity index (χ1n) is 8.81. The molecule has 0 bridgehead atoms. The van der Waals surface area contributed by atoms with Gasteiger partial charge in [0.05, 0.1) is 13.7 Å². The minimum absolute atomic E-state index is 0.263. The molecule has 1 aromatic carbocycles. The molecule has 30 heavy (non-hydrogen) atoms. The van der Waals surface area contributed by atoms with Crippen molar-refractivity contribution < 1.29 is 32.5 Å². The summed E-state index contributed by atoms with van der Waals surface area (Å²) >= 11 is 0. The van der Waals surface area contributed by atoms with Crippen LogP contribution in [0.3, 0.4) is 0 Å². The van der Waals surface area contributed by atoms with Crippen LogP contribution in [0.4, 0.5) is 13.2 Å². The molecule has 0 aliphatic heterocycles. The number of nitrogens with zero attached hydrogens (tertiary/aromatic N) is 1. The summed E-state index contributed by atoms with van der Waals surface area (Å²) in [4.78, 5) is 23.6. The minimum Gasteiger partial charge on any atom is -0.493 e. The van der Waals surface area contributed by atoms with Gasteiger partial charge in [-0.15, -0.1) is 0 Å². The van der Waals surface area contributed by atoms with Crippen molar-refractivity contribution in [1.29, 1.82) is 0 Å². The van der Waals surface area contributed by atoms with E-state index in [1.807, 2.05) is 19.1 Å². The van der Waals surface area contributed by atoms with Crippen molar-refractivity contribution in [3.63, 3.8) is 0 Å². The number of ether oxygens (including phenoxy) is 2. The van der Waals surface area contributed by atoms with E-state index < -0.39 is 48.2 Å². The van der Waals surface area contributed by atoms with Gasteiger partial charge in [0.2, 0.25) is 0 Å². The lowest BCUT2D eigenvalue weighted by Crippen LogP contribution is -2.37. The first kappa shape index (κ1) is 23.0. The number of allylic oxidation sites excluding steroid dienone is 1. The molecule has 1 unspecified atom stereocenters. The molecule has 0 aliphatic carbocycles. The van der Waals surface area contributed by atoms with Gasteiger partial charge in [-0.3, -0.25) is 9.59 Å². The van der Waals surface area contributed by atoms with Crippen LogP contribution in [0.1, 0.15) is 28.5 Å². The molecule has 0 fully saturated rings. The number of aliphatic hydroxyl groups is 1. The van der Waals surface area contributed by atoms with E-state index in [9.17, 15) is 27.9 Å². The molecule has 3 N–H and O–H groups in total. The van der Waals surface area contributed by atoms with Crippen LogP contribution in [0, 0.1) is 0 Å². The van der Waals surface area contributed by atoms with Crippen molar-refractivity contribution in [1.82, 2.24) is 4.57 Å². The van der Waals surface area contributed by atoms with Gasteiger partial charge in [0.25, 0.3) is 11.5 Å². The topological polar surface area (TPSA) is 104 Å². The molecule has 0 saturated heterocycles. The SMILES string of the molecule is CC=Cc1ccc(OCC(O)Cn2c(C(F)(F)F)ccc(C(N)=O)c2=O)c(OC)c1. The Morgan fingerprint density at radius 1 is 1.27 bits per heavy atom. The van der Waals surface area contributed by atoms with Crippen LogP contribution in [-0.4, -0.2) is 35.4 Å². The monoisotopic (exact) mass is 426 g/mol. The molecule has 2 rings (SSSR count). The van der Waals surface area contributed by atoms with Gasteiger partial charge in [-0.1, -0.05) is 18.2 Å². The third-order valence-electron chi connectivity index (χ3n) is 4.10. The first-order chi connectivity index (χ1) is 14.1. The van der Waals surface area contributed by atoms with Crippen LogP contribution < -0.4 is 20.8 Å². The van der Waals surface area contributed by atoms with Gasteiger partial charge in [-0.25, -0.2) is 0 Å². The van der Waals surface area contributed by atoms with E-state index in [1.54, 1.807) is 18.2 Å². The summed E-state index contributed by atoms with van der Waals surface area (Å²) in [6.45, 7) is 0.662. The Hall–Kier alpha value is -3.27. The van der Waals surface area contributed by atoms with E-state index >= 15 is 0 Å². The number of aromatic nitrogens is 1. The first-order valence-corrected chi connectivity index (χ1v) is 8.81. The Kier molecular flexibility index (Phi) is 7.28. The number of rotatable bonds is 8. The number of hydrogen-bond donors (Lipinski definition) is 2. The van der Waals surface area contributed by atoms with Crippen molar-refractivity contribution in [2.45, 2.75) is 25.7 Å². The predicted molar refractivity (Wildman–Crippen MR) is 103 cm³/mol. The number of halogens is 3. The van der Waals surface area contributed by atoms with Crippen molar-refractivity contribution in [3.8, 4) is 11.5 Å². The fourth-order valence-electron chi connectivity index (χ4n) is 2.74. The highest BCUT2D eigenvalue weighted by molar-refractivity contribution is 5.92. The number of primary amides is 1. The fraction of sp³-hybridized carbons (Fsp3) is 0.300. The number of nitrogens with two attached hydrogens (primary N) is 1. The van der Waals surface area contributed by atoms with Crippen molar-refractivity contribution in [2.24, 2.45) is 5.73 Å². The summed E-state index contributed by atoms with van der Waals surface area (Å²) in [6, 6.07) is 6.28. The number of aliphatic hydroxyl groups excluding tert-OH is 1. The molecule has 0 spiro atoms. The smallest absolute Gasteiger partial charge is 0.431 e. The summed E-state index contributed by atoms with van der Waals surface area (Å²) in [7, 11) is 1.42. The number of carbonyl (C=O) groups excluding carboxylic acids is 1. The Bertz CT molecular complexity index is 999. The molecule has 0 aliphatic rings. The highest BCUT2D eigenvalue weighted by Crippen LogP contribution is 2.30. The molecule has 1 aromatic heterocycles. The molecular weight excluding hydrogens is 405 g/mol. The second-order valence-electron chi connectivity index (χ2n) is 6.29. The van der Waals surface area contributed by atoms with Gasteiger partial charge >= 0.3 is 6.18 Å². The van der Waals surface area contributed by atoms with Gasteiger partial charge < -0.3 is 24.9 Å². The maximum absolute atomic E-state index is 13.3. The molecule has 2 aromatic rings. The van der Waals surface area contributed by atoms with Gasteiger partial charge in [0, 0.05) is 0 Å². The van der Waals surface area contributed by atoms with E-state index in [0.717, 1.165) is 5.56 Å². The largest absolute Gasteiger partial charge is 0.493 e. The summed E-state index contributed by atoms with van der Waals surface area (Å²) < 4.78 is 50.7. The van der Waals surface area contributed by atoms with Gasteiger partial charge in [-0.05, 0) is 36.8 Å². The van der Waals surface area contributed by atoms with E-state index in [-0.39, 0.29) is 10.3 Å². The normalized spacial score (nSPS) is 12.7. The van der Waals surface area contributed by atoms with E-state index in [0.29, 0.717) is 17.9 Å². The molecule has 0 saturated carbocycles. The van der Waals surface area contributed by atoms with Crippen LogP contribution in [-0.2, 0) is 12.7 Å². The molecule has 10 heteroatoms. The van der Waals surface area contributed by atoms with Gasteiger partial charge in [0.1, 0.15) is 24.0 Å². The van der Waals surface area contributed by atoms with E-state index in [4.69, 9.17) is 15.2 Å². The lowest BCUT2D eigenvalue weighted by Gasteiger charge is -2.19. The molecule has 0 radical (unpaired) electrons. The average Bonchev–Trinajstić information content (AvgIpc) is 2.67. The third-order valence-corrected chi connectivity index (χ3v) is 4.10. The summed E-state index contributed by atoms with van der Waals surface area (Å²) in [6.07, 6.45) is -2.71. The maximum atomic E-state index is 13.3. The zero-order chi connectivity index (χ0) is 22.5. The second kappa shape index (κ2) is 9.49. The molecule has 1 atom stereocenters. The molecule has 7 nitrogen and oxygen atoms in total. The Morgan fingerprint density at radius 3 is 2.53 bits per heavy atom. The molecule has 162 valence electrons. The van der Waals surface area contributed by atoms with Crippen LogP contribution >= 0.6 is 0 Å². The van der Waals surface area contributed by atoms with E-state index in [1.165, 1.54) is 7.11 Å². The molecule has 1 heterocycles. The Labute approximate surface area is 170 Å². The van der Waals surface area contributed by atoms with Crippen LogP contribution in [0.15, 0.2) is 41.2 Å². The predicted octanol–water partition coefficient (Wildman–Crippen LogP) is 2.45. The van der Waals surface area contributed by atoms with Crippen molar-refractivity contribution >= 4 is 12.0 Å². The number of pyridine rings is 1. The average molecular weight is 426 g/mol. The molecular formula is C20H21F3N2O5. The fourth-order valence-corrected chi connectivity index (χ4v) is 2.74. The number of benzene rings is 1. The van der Waals surface area contributed by atoms with Crippen LogP contribution in [0.5, 0.6) is 11.5 Å². The number of hydrogen-bond acceptors (Lipinski definition) is 5. The second-order valence-corrected chi connectivity index (χ2v) is 6.29. The highest BCUT2D eigenvalue weighted by atomic mass is 19.4. The van der Waals surface area contributed by atoms with Crippen molar-refractivity contribution in [3.05, 3.63) is 63.6 Å². The summed E-state index contributed by atoms with van der Waals surface area (Å²) in [5, 5.41) is 10.2. The number of alkyl halides is 3. The van der Waals surface area contributed by atoms with Crippen molar-refractivity contribution in [2.75, 3.05) is 13.7 Å².